The summed E-state index contributed by atoms with van der Waals surface area (Å²) in [4.78, 5) is 30.2. The highest BCUT2D eigenvalue weighted by Gasteiger charge is 2.48. The Hall–Kier alpha value is -1.56. The highest BCUT2D eigenvalue weighted by atomic mass is 35.5. The predicted molar refractivity (Wildman–Crippen MR) is 144 cm³/mol. The number of amides is 1. The van der Waals surface area contributed by atoms with Crippen molar-refractivity contribution in [1.29, 1.82) is 0 Å². The van der Waals surface area contributed by atoms with Crippen LogP contribution in [0.15, 0.2) is 30.3 Å². The van der Waals surface area contributed by atoms with Crippen LogP contribution in [0.25, 0.3) is 0 Å². The Bertz CT molecular complexity index is 914. The molecule has 1 aromatic rings. The van der Waals surface area contributed by atoms with Crippen molar-refractivity contribution in [3.63, 3.8) is 0 Å². The van der Waals surface area contributed by atoms with Crippen LogP contribution in [-0.4, -0.2) is 105 Å². The molecule has 9 nitrogen and oxygen atoms in total. The topological polar surface area (TPSA) is 120 Å². The first-order chi connectivity index (χ1) is 17.3. The number of nitrogens with zero attached hydrogens (tertiary/aromatic N) is 2. The molecule has 0 aromatic heterocycles. The molecule has 0 saturated carbocycles. The number of anilines is 1. The molecular weight excluding hydrogens is 520 g/mol. The second-order valence-corrected chi connectivity index (χ2v) is 12.3. The smallest absolute Gasteiger partial charge is 0.410 e. The largest absolute Gasteiger partial charge is 0.444 e. The first kappa shape index (κ1) is 30.0. The third-order valence-corrected chi connectivity index (χ3v) is 7.96. The number of halogens is 1. The molecule has 0 radical (unpaired) electrons. The second-order valence-electron chi connectivity index (χ2n) is 10.7. The molecule has 208 valence electrons. The summed E-state index contributed by atoms with van der Waals surface area (Å²) in [7, 11) is 0. The van der Waals surface area contributed by atoms with Crippen LogP contribution in [0, 0.1) is 5.92 Å². The zero-order valence-corrected chi connectivity index (χ0v) is 23.6. The molecule has 1 amide bonds. The lowest BCUT2D eigenvalue weighted by Crippen LogP contribution is -2.61. The molecule has 2 aliphatic rings. The molecule has 1 unspecified atom stereocenters. The van der Waals surface area contributed by atoms with Gasteiger partial charge in [-0.05, 0) is 46.1 Å². The minimum Gasteiger partial charge on any atom is -0.444 e. The fourth-order valence-electron chi connectivity index (χ4n) is 4.81. The average Bonchev–Trinajstić information content (AvgIpc) is 2.85. The zero-order chi connectivity index (χ0) is 27.5. The van der Waals surface area contributed by atoms with E-state index in [0.717, 1.165) is 5.69 Å². The second kappa shape index (κ2) is 12.5. The molecule has 2 aliphatic heterocycles. The molecule has 0 bridgehead atoms. The highest BCUT2D eigenvalue weighted by Crippen LogP contribution is 2.35. The van der Waals surface area contributed by atoms with Crippen LogP contribution in [-0.2, 0) is 14.3 Å². The van der Waals surface area contributed by atoms with E-state index < -0.39 is 58.9 Å². The maximum absolute atomic E-state index is 13.9. The standard InChI is InChI=1S/C26H39ClN2O7S/c1-15(27)17(23-21(32)20(31)22(33)24(35-23)37-5)13-19(30)18-14-28(25(34)36-26(2,3)4)11-12-29(18)16-9-7-6-8-10-16/h6-10,15,17-18,20-24,31-33H,11-14H2,1-5H3/t15-,17+,18?,20-,21+,22+,23+,24+/m0/s1. The number of hydrogen-bond donors (Lipinski definition) is 3. The van der Waals surface area contributed by atoms with Crippen molar-refractivity contribution in [3.05, 3.63) is 30.3 Å². The fraction of sp³-hybridized carbons (Fsp3) is 0.692. The van der Waals surface area contributed by atoms with E-state index in [1.165, 1.54) is 11.8 Å². The predicted octanol–water partition coefficient (Wildman–Crippen LogP) is 2.49. The molecule has 8 atom stereocenters. The van der Waals surface area contributed by atoms with Gasteiger partial charge in [0.15, 0.2) is 5.78 Å². The average molecular weight is 559 g/mol. The number of aliphatic hydroxyl groups is 3. The van der Waals surface area contributed by atoms with Gasteiger partial charge in [0.25, 0.3) is 0 Å². The number of carbonyl (C=O) groups is 2. The van der Waals surface area contributed by atoms with E-state index in [2.05, 4.69) is 0 Å². The van der Waals surface area contributed by atoms with Crippen molar-refractivity contribution in [2.75, 3.05) is 30.8 Å². The third kappa shape index (κ3) is 7.30. The van der Waals surface area contributed by atoms with Gasteiger partial charge >= 0.3 is 6.09 Å². The molecule has 11 heteroatoms. The van der Waals surface area contributed by atoms with Gasteiger partial charge in [0.2, 0.25) is 0 Å². The molecule has 2 saturated heterocycles. The van der Waals surface area contributed by atoms with Crippen molar-refractivity contribution in [2.24, 2.45) is 5.92 Å². The quantitative estimate of drug-likeness (QED) is 0.433. The van der Waals surface area contributed by atoms with E-state index in [1.807, 2.05) is 35.2 Å². The summed E-state index contributed by atoms with van der Waals surface area (Å²) in [6.45, 7) is 8.06. The SMILES string of the molecule is CS[C@H]1O[C@H]([C@H](CC(=O)C2CN(C(=O)OC(C)(C)C)CCN2c2ccccc2)[C@H](C)Cl)[C@H](O)[C@H](O)[C@H]1O. The van der Waals surface area contributed by atoms with Gasteiger partial charge in [0.1, 0.15) is 35.4 Å². The Balaban J connectivity index is 1.85. The van der Waals surface area contributed by atoms with Crippen molar-refractivity contribution in [1.82, 2.24) is 4.90 Å². The van der Waals surface area contributed by atoms with Gasteiger partial charge < -0.3 is 34.6 Å². The third-order valence-electron chi connectivity index (χ3n) is 6.78. The zero-order valence-electron chi connectivity index (χ0n) is 22.0. The first-order valence-corrected chi connectivity index (χ1v) is 14.2. The molecule has 2 fully saturated rings. The number of thioether (sulfide) groups is 1. The Morgan fingerprint density at radius 1 is 1.14 bits per heavy atom. The number of ketones is 1. The number of piperazine rings is 1. The first-order valence-electron chi connectivity index (χ1n) is 12.5. The van der Waals surface area contributed by atoms with Crippen LogP contribution in [0.5, 0.6) is 0 Å². The Morgan fingerprint density at radius 3 is 2.35 bits per heavy atom. The van der Waals surface area contributed by atoms with E-state index in [-0.39, 0.29) is 18.7 Å². The van der Waals surface area contributed by atoms with E-state index in [9.17, 15) is 24.9 Å². The van der Waals surface area contributed by atoms with Crippen LogP contribution >= 0.6 is 23.4 Å². The van der Waals surface area contributed by atoms with E-state index in [4.69, 9.17) is 21.1 Å². The number of alkyl halides is 1. The number of hydrogen-bond acceptors (Lipinski definition) is 9. The molecule has 1 aromatic carbocycles. The summed E-state index contributed by atoms with van der Waals surface area (Å²) >= 11 is 7.72. The molecule has 37 heavy (non-hydrogen) atoms. The minimum absolute atomic E-state index is 0.0491. The number of carbonyl (C=O) groups excluding carboxylic acids is 2. The van der Waals surface area contributed by atoms with Crippen LogP contribution in [0.4, 0.5) is 10.5 Å². The number of Topliss-reactive ketones (excluding diaryl/α,β-unsaturated/α-hetero) is 1. The van der Waals surface area contributed by atoms with Crippen LogP contribution in [0.3, 0.4) is 0 Å². The molecular formula is C26H39ClN2O7S. The molecule has 0 spiro atoms. The van der Waals surface area contributed by atoms with Crippen LogP contribution in [0.1, 0.15) is 34.1 Å². The lowest BCUT2D eigenvalue weighted by Gasteiger charge is -2.45. The number of aliphatic hydroxyl groups excluding tert-OH is 3. The van der Waals surface area contributed by atoms with Gasteiger partial charge in [-0.2, -0.15) is 0 Å². The van der Waals surface area contributed by atoms with E-state index >= 15 is 0 Å². The molecule has 3 N–H and O–H groups in total. The van der Waals surface area contributed by atoms with Crippen molar-refractivity contribution < 1.29 is 34.4 Å². The molecule has 0 aliphatic carbocycles. The number of ether oxygens (including phenoxy) is 2. The monoisotopic (exact) mass is 558 g/mol. The van der Waals surface area contributed by atoms with Gasteiger partial charge in [-0.1, -0.05) is 18.2 Å². The Labute approximate surface area is 228 Å². The van der Waals surface area contributed by atoms with Crippen molar-refractivity contribution in [2.45, 2.75) is 81.0 Å². The number of para-hydroxylation sites is 1. The fourth-order valence-corrected chi connectivity index (χ4v) is 5.72. The van der Waals surface area contributed by atoms with Gasteiger partial charge in [0, 0.05) is 36.5 Å². The Kier molecular flexibility index (Phi) is 10.2. The highest BCUT2D eigenvalue weighted by molar-refractivity contribution is 7.99. The number of rotatable bonds is 7. The summed E-state index contributed by atoms with van der Waals surface area (Å²) in [6.07, 6.45) is -3.86. The van der Waals surface area contributed by atoms with E-state index in [0.29, 0.717) is 13.1 Å². The maximum Gasteiger partial charge on any atom is 0.410 e. The van der Waals surface area contributed by atoms with E-state index in [1.54, 1.807) is 38.9 Å². The van der Waals surface area contributed by atoms with Gasteiger partial charge in [-0.3, -0.25) is 4.79 Å². The minimum atomic E-state index is -1.43. The summed E-state index contributed by atoms with van der Waals surface area (Å²) in [6, 6.07) is 8.84. The van der Waals surface area contributed by atoms with Crippen LogP contribution < -0.4 is 4.90 Å². The summed E-state index contributed by atoms with van der Waals surface area (Å²) in [5.74, 6) is -0.817. The normalized spacial score (nSPS) is 30.5. The lowest BCUT2D eigenvalue weighted by atomic mass is 9.83. The molecule has 2 heterocycles. The van der Waals surface area contributed by atoms with Crippen molar-refractivity contribution in [3.8, 4) is 0 Å². The summed E-state index contributed by atoms with van der Waals surface area (Å²) < 4.78 is 11.5. The van der Waals surface area contributed by atoms with Gasteiger partial charge in [-0.25, -0.2) is 4.79 Å². The summed E-state index contributed by atoms with van der Waals surface area (Å²) in [5.41, 5.74) is -0.579. The summed E-state index contributed by atoms with van der Waals surface area (Å²) in [5, 5.41) is 30.8. The van der Waals surface area contributed by atoms with Gasteiger partial charge in [-0.15, -0.1) is 23.4 Å². The lowest BCUT2D eigenvalue weighted by molar-refractivity contribution is -0.211. The Morgan fingerprint density at radius 2 is 1.78 bits per heavy atom. The maximum atomic E-state index is 13.9. The van der Waals surface area contributed by atoms with Crippen LogP contribution in [0.2, 0.25) is 0 Å². The molecule has 3 rings (SSSR count). The van der Waals surface area contributed by atoms with Gasteiger partial charge in [0.05, 0.1) is 12.6 Å². The van der Waals surface area contributed by atoms with Crippen molar-refractivity contribution >= 4 is 40.9 Å². The number of benzene rings is 1.